The number of esters is 1. The second-order valence-corrected chi connectivity index (χ2v) is 7.90. The van der Waals surface area contributed by atoms with E-state index in [1.165, 1.54) is 44.9 Å². The SMILES string of the molecule is CCCCCCCCCCCCCOC(=O)C(CC(=O)O)S(=O)(=O)O.[KH]. The summed E-state index contributed by atoms with van der Waals surface area (Å²) in [5.41, 5.74) is 0. The zero-order valence-corrected chi connectivity index (χ0v) is 15.9. The monoisotopic (exact) mass is 420 g/mol. The Balaban J connectivity index is 0. The van der Waals surface area contributed by atoms with Crippen molar-refractivity contribution in [1.82, 2.24) is 0 Å². The van der Waals surface area contributed by atoms with Crippen molar-refractivity contribution in [3.8, 4) is 0 Å². The molecule has 1 unspecified atom stereocenters. The van der Waals surface area contributed by atoms with Crippen LogP contribution >= 0.6 is 0 Å². The number of carboxylic acid groups (broad SMARTS) is 1. The first-order chi connectivity index (χ1) is 11.8. The van der Waals surface area contributed by atoms with Crippen LogP contribution in [0.3, 0.4) is 0 Å². The van der Waals surface area contributed by atoms with Gasteiger partial charge in [-0.1, -0.05) is 71.1 Å². The van der Waals surface area contributed by atoms with Gasteiger partial charge in [-0.2, -0.15) is 8.42 Å². The summed E-state index contributed by atoms with van der Waals surface area (Å²) in [6.07, 6.45) is 11.5. The summed E-state index contributed by atoms with van der Waals surface area (Å²) >= 11 is 0. The van der Waals surface area contributed by atoms with E-state index >= 15 is 0 Å². The van der Waals surface area contributed by atoms with Gasteiger partial charge in [0.05, 0.1) is 13.0 Å². The van der Waals surface area contributed by atoms with Crippen molar-refractivity contribution in [3.63, 3.8) is 0 Å². The summed E-state index contributed by atoms with van der Waals surface area (Å²) < 4.78 is 35.7. The molecule has 1 atom stereocenters. The number of carbonyl (C=O) groups excluding carboxylic acids is 1. The summed E-state index contributed by atoms with van der Waals surface area (Å²) in [6.45, 7) is 2.23. The van der Waals surface area contributed by atoms with Crippen molar-refractivity contribution >= 4 is 73.4 Å². The third-order valence-electron chi connectivity index (χ3n) is 3.97. The summed E-state index contributed by atoms with van der Waals surface area (Å²) in [5.74, 6) is -2.70. The van der Waals surface area contributed by atoms with E-state index in [0.29, 0.717) is 6.42 Å². The van der Waals surface area contributed by atoms with Crippen LogP contribution in [0.15, 0.2) is 0 Å². The predicted octanol–water partition coefficient (Wildman–Crippen LogP) is 2.92. The summed E-state index contributed by atoms with van der Waals surface area (Å²) in [4.78, 5) is 22.1. The minimum atomic E-state index is -4.78. The zero-order chi connectivity index (χ0) is 19.1. The molecule has 0 aromatic heterocycles. The average molecular weight is 421 g/mol. The Morgan fingerprint density at radius 3 is 1.69 bits per heavy atom. The van der Waals surface area contributed by atoms with Crippen LogP contribution in [0.2, 0.25) is 0 Å². The van der Waals surface area contributed by atoms with Gasteiger partial charge in [0.25, 0.3) is 10.1 Å². The van der Waals surface area contributed by atoms with E-state index in [0.717, 1.165) is 19.3 Å². The molecule has 150 valence electrons. The maximum atomic E-state index is 11.6. The molecule has 26 heavy (non-hydrogen) atoms. The first-order valence-corrected chi connectivity index (χ1v) is 10.6. The Bertz CT molecular complexity index is 480. The average Bonchev–Trinajstić information content (AvgIpc) is 2.52. The Labute approximate surface area is 199 Å². The molecule has 0 rings (SSSR count). The van der Waals surface area contributed by atoms with Crippen molar-refractivity contribution in [2.75, 3.05) is 6.61 Å². The number of hydrogen-bond donors (Lipinski definition) is 2. The van der Waals surface area contributed by atoms with E-state index in [9.17, 15) is 18.0 Å². The Morgan fingerprint density at radius 2 is 1.31 bits per heavy atom. The first-order valence-electron chi connectivity index (χ1n) is 9.13. The first kappa shape index (κ1) is 28.7. The van der Waals surface area contributed by atoms with Gasteiger partial charge in [0.1, 0.15) is 0 Å². The van der Waals surface area contributed by atoms with Crippen molar-refractivity contribution in [2.24, 2.45) is 0 Å². The van der Waals surface area contributed by atoms with Crippen molar-refractivity contribution in [1.29, 1.82) is 0 Å². The summed E-state index contributed by atoms with van der Waals surface area (Å²) in [7, 11) is -4.78. The van der Waals surface area contributed by atoms with Crippen LogP contribution in [0.25, 0.3) is 0 Å². The molecule has 0 radical (unpaired) electrons. The van der Waals surface area contributed by atoms with Gasteiger partial charge in [-0.3, -0.25) is 14.1 Å². The molecule has 0 heterocycles. The number of hydrogen-bond acceptors (Lipinski definition) is 5. The molecule has 0 aliphatic rings. The fourth-order valence-corrected chi connectivity index (χ4v) is 3.17. The predicted molar refractivity (Wildman–Crippen MR) is 102 cm³/mol. The third-order valence-corrected chi connectivity index (χ3v) is 5.05. The van der Waals surface area contributed by atoms with Gasteiger partial charge < -0.3 is 9.84 Å². The van der Waals surface area contributed by atoms with Gasteiger partial charge in [0.2, 0.25) is 0 Å². The molecule has 0 saturated carbocycles. The van der Waals surface area contributed by atoms with Gasteiger partial charge in [-0.05, 0) is 6.42 Å². The Kier molecular flexibility index (Phi) is 19.4. The second kappa shape index (κ2) is 17.6. The topological polar surface area (TPSA) is 118 Å². The number of ether oxygens (including phenoxy) is 1. The summed E-state index contributed by atoms with van der Waals surface area (Å²) in [6, 6.07) is 0. The minimum absolute atomic E-state index is 0. The van der Waals surface area contributed by atoms with E-state index in [1.54, 1.807) is 0 Å². The molecule has 0 fully saturated rings. The van der Waals surface area contributed by atoms with Crippen LogP contribution in [0.4, 0.5) is 0 Å². The van der Waals surface area contributed by atoms with Gasteiger partial charge in [0.15, 0.2) is 5.25 Å². The second-order valence-electron chi connectivity index (χ2n) is 6.30. The number of rotatable bonds is 16. The van der Waals surface area contributed by atoms with Gasteiger partial charge >= 0.3 is 63.3 Å². The Morgan fingerprint density at radius 1 is 0.885 bits per heavy atom. The molecule has 0 saturated heterocycles. The molecule has 0 aliphatic heterocycles. The third kappa shape index (κ3) is 16.6. The number of carbonyl (C=O) groups is 2. The van der Waals surface area contributed by atoms with E-state index in [-0.39, 0.29) is 58.0 Å². The van der Waals surface area contributed by atoms with Crippen molar-refractivity contribution in [3.05, 3.63) is 0 Å². The van der Waals surface area contributed by atoms with Gasteiger partial charge in [0, 0.05) is 0 Å². The molecule has 9 heteroatoms. The quantitative estimate of drug-likeness (QED) is 0.171. The van der Waals surface area contributed by atoms with Crippen LogP contribution in [-0.2, 0) is 24.4 Å². The molecule has 0 spiro atoms. The molecule has 0 amide bonds. The van der Waals surface area contributed by atoms with Crippen LogP contribution in [0.5, 0.6) is 0 Å². The molecule has 7 nitrogen and oxygen atoms in total. The maximum absolute atomic E-state index is 11.6. The number of unbranched alkanes of at least 4 members (excludes halogenated alkanes) is 10. The Hall–Kier alpha value is 0.486. The molecule has 0 aromatic carbocycles. The molecule has 0 bridgehead atoms. The van der Waals surface area contributed by atoms with Crippen molar-refractivity contribution in [2.45, 2.75) is 89.2 Å². The van der Waals surface area contributed by atoms with E-state index < -0.39 is 33.7 Å². The fourth-order valence-electron chi connectivity index (χ4n) is 2.50. The standard InChI is InChI=1S/C17H32O7S.K.H/c1-2-3-4-5-6-7-8-9-10-11-12-13-24-17(20)15(14-16(18)19)25(21,22)23;;/h15H,2-14H2,1H3,(H,18,19)(H,21,22,23);;. The number of aliphatic carboxylic acids is 1. The van der Waals surface area contributed by atoms with E-state index in [4.69, 9.17) is 14.4 Å². The summed E-state index contributed by atoms with van der Waals surface area (Å²) in [5, 5.41) is 6.53. The fraction of sp³-hybridized carbons (Fsp3) is 0.882. The molecule has 0 aliphatic carbocycles. The van der Waals surface area contributed by atoms with Crippen LogP contribution in [0, 0.1) is 0 Å². The zero-order valence-electron chi connectivity index (χ0n) is 15.1. The van der Waals surface area contributed by atoms with Gasteiger partial charge in [-0.25, -0.2) is 0 Å². The normalized spacial score (nSPS) is 12.2. The van der Waals surface area contributed by atoms with Crippen LogP contribution in [-0.4, -0.2) is 93.3 Å². The number of carboxylic acids is 1. The van der Waals surface area contributed by atoms with E-state index in [2.05, 4.69) is 6.92 Å². The van der Waals surface area contributed by atoms with Crippen molar-refractivity contribution < 1.29 is 32.4 Å². The van der Waals surface area contributed by atoms with Crippen LogP contribution < -0.4 is 0 Å². The molecular weight excluding hydrogens is 387 g/mol. The van der Waals surface area contributed by atoms with Crippen LogP contribution in [0.1, 0.15) is 84.0 Å². The molecular formula is C17H33KO7S. The molecule has 2 N–H and O–H groups in total. The molecule has 0 aromatic rings. The van der Waals surface area contributed by atoms with Gasteiger partial charge in [-0.15, -0.1) is 0 Å². The van der Waals surface area contributed by atoms with E-state index in [1.807, 2.05) is 0 Å².